The first kappa shape index (κ1) is 16.0. The maximum atomic E-state index is 11.3. The molecule has 4 nitrogen and oxygen atoms in total. The Labute approximate surface area is 120 Å². The number of cyclic esters (lactones) is 1. The first-order valence-corrected chi connectivity index (χ1v) is 6.64. The van der Waals surface area contributed by atoms with Gasteiger partial charge in [0, 0.05) is 6.42 Å². The number of amides is 2. The summed E-state index contributed by atoms with van der Waals surface area (Å²) in [5.41, 5.74) is 2.27. The van der Waals surface area contributed by atoms with Crippen molar-refractivity contribution >= 4 is 12.0 Å². The fourth-order valence-electron chi connectivity index (χ4n) is 1.61. The summed E-state index contributed by atoms with van der Waals surface area (Å²) in [4.78, 5) is 23.4. The third-order valence-corrected chi connectivity index (χ3v) is 2.77. The number of ether oxygens (including phenoxy) is 1. The summed E-state index contributed by atoms with van der Waals surface area (Å²) < 4.78 is 4.64. The van der Waals surface area contributed by atoms with Crippen LogP contribution in [0.5, 0.6) is 0 Å². The van der Waals surface area contributed by atoms with Crippen LogP contribution in [0.25, 0.3) is 0 Å². The van der Waals surface area contributed by atoms with E-state index in [1.807, 2.05) is 25.1 Å². The van der Waals surface area contributed by atoms with Crippen LogP contribution in [-0.4, -0.2) is 30.1 Å². The predicted molar refractivity (Wildman–Crippen MR) is 78.3 cm³/mol. The lowest BCUT2D eigenvalue weighted by molar-refractivity contribution is -0.127. The highest BCUT2D eigenvalue weighted by Crippen LogP contribution is 2.09. The fraction of sp³-hybridized carbons (Fsp3) is 0.375. The Hall–Kier alpha value is -2.10. The number of benzene rings is 1. The molecule has 0 spiro atoms. The molecule has 1 heterocycles. The summed E-state index contributed by atoms with van der Waals surface area (Å²) in [6.07, 6.45) is 0.444. The van der Waals surface area contributed by atoms with Gasteiger partial charge in [0.2, 0.25) is 5.91 Å². The molecule has 0 atom stereocenters. The quantitative estimate of drug-likeness (QED) is 0.795. The zero-order valence-electron chi connectivity index (χ0n) is 12.1. The number of aryl methyl sites for hydroxylation is 1. The van der Waals surface area contributed by atoms with Gasteiger partial charge < -0.3 is 4.74 Å². The Kier molecular flexibility index (Phi) is 6.50. The molecular weight excluding hydrogens is 254 g/mol. The molecule has 108 valence electrons. The standard InChI is InChI=1S/C9H13NO3.C7H8/c1-7(2)3-4-8(11)10-5-6-13-9(10)12;1-7-5-3-2-4-6-7/h1,3-6H2,2H3;2-6H,1H3. The molecule has 4 heteroatoms. The van der Waals surface area contributed by atoms with Crippen molar-refractivity contribution in [1.82, 2.24) is 4.90 Å². The van der Waals surface area contributed by atoms with E-state index in [1.165, 1.54) is 5.56 Å². The van der Waals surface area contributed by atoms with Gasteiger partial charge in [-0.3, -0.25) is 4.79 Å². The first-order chi connectivity index (χ1) is 9.50. The van der Waals surface area contributed by atoms with E-state index in [0.29, 0.717) is 26.0 Å². The second-order valence-electron chi connectivity index (χ2n) is 4.77. The fourth-order valence-corrected chi connectivity index (χ4v) is 1.61. The average molecular weight is 275 g/mol. The molecule has 0 unspecified atom stereocenters. The van der Waals surface area contributed by atoms with Gasteiger partial charge in [-0.1, -0.05) is 41.5 Å². The Balaban J connectivity index is 0.000000240. The van der Waals surface area contributed by atoms with Crippen LogP contribution in [0, 0.1) is 6.92 Å². The molecule has 0 aromatic heterocycles. The van der Waals surface area contributed by atoms with Gasteiger partial charge in [-0.05, 0) is 20.3 Å². The number of carbonyl (C=O) groups is 2. The van der Waals surface area contributed by atoms with Gasteiger partial charge in [-0.2, -0.15) is 0 Å². The highest BCUT2D eigenvalue weighted by Gasteiger charge is 2.27. The lowest BCUT2D eigenvalue weighted by Crippen LogP contribution is -2.31. The van der Waals surface area contributed by atoms with E-state index in [4.69, 9.17) is 0 Å². The van der Waals surface area contributed by atoms with Crippen LogP contribution in [0.15, 0.2) is 42.5 Å². The van der Waals surface area contributed by atoms with Crippen LogP contribution < -0.4 is 0 Å². The molecule has 2 rings (SSSR count). The molecular formula is C16H21NO3. The molecule has 0 N–H and O–H groups in total. The van der Waals surface area contributed by atoms with Crippen molar-refractivity contribution in [2.24, 2.45) is 0 Å². The minimum absolute atomic E-state index is 0.175. The molecule has 0 saturated carbocycles. The summed E-state index contributed by atoms with van der Waals surface area (Å²) in [5, 5.41) is 0. The number of nitrogens with zero attached hydrogens (tertiary/aromatic N) is 1. The van der Waals surface area contributed by atoms with Gasteiger partial charge in [0.25, 0.3) is 0 Å². The highest BCUT2D eigenvalue weighted by molar-refractivity contribution is 5.92. The van der Waals surface area contributed by atoms with Gasteiger partial charge in [0.15, 0.2) is 0 Å². The van der Waals surface area contributed by atoms with Gasteiger partial charge in [0.1, 0.15) is 6.61 Å². The molecule has 1 aromatic rings. The Morgan fingerprint density at radius 2 is 1.95 bits per heavy atom. The summed E-state index contributed by atoms with van der Waals surface area (Å²) in [5.74, 6) is -0.175. The lowest BCUT2D eigenvalue weighted by atomic mass is 10.2. The van der Waals surface area contributed by atoms with Gasteiger partial charge in [0.05, 0.1) is 6.54 Å². The predicted octanol–water partition coefficient (Wildman–Crippen LogP) is 3.32. The molecule has 2 amide bonds. The summed E-state index contributed by atoms with van der Waals surface area (Å²) in [7, 11) is 0. The van der Waals surface area contributed by atoms with Crippen LogP contribution in [0.1, 0.15) is 25.3 Å². The molecule has 1 aliphatic rings. The maximum Gasteiger partial charge on any atom is 0.416 e. The van der Waals surface area contributed by atoms with E-state index in [0.717, 1.165) is 10.5 Å². The van der Waals surface area contributed by atoms with Gasteiger partial charge in [-0.15, -0.1) is 6.58 Å². The zero-order chi connectivity index (χ0) is 15.0. The van der Waals surface area contributed by atoms with E-state index in [-0.39, 0.29) is 5.91 Å². The van der Waals surface area contributed by atoms with Crippen LogP contribution in [0.3, 0.4) is 0 Å². The van der Waals surface area contributed by atoms with Crippen LogP contribution in [0.2, 0.25) is 0 Å². The number of rotatable bonds is 3. The normalized spacial score (nSPS) is 13.3. The number of carbonyl (C=O) groups excluding carboxylic acids is 2. The van der Waals surface area contributed by atoms with Crippen LogP contribution >= 0.6 is 0 Å². The van der Waals surface area contributed by atoms with E-state index in [2.05, 4.69) is 30.4 Å². The van der Waals surface area contributed by atoms with Crippen molar-refractivity contribution in [1.29, 1.82) is 0 Å². The molecule has 1 saturated heterocycles. The Morgan fingerprint density at radius 1 is 1.30 bits per heavy atom. The van der Waals surface area contributed by atoms with Crippen molar-refractivity contribution in [3.63, 3.8) is 0 Å². The molecule has 0 radical (unpaired) electrons. The largest absolute Gasteiger partial charge is 0.447 e. The smallest absolute Gasteiger partial charge is 0.416 e. The van der Waals surface area contributed by atoms with Crippen LogP contribution in [-0.2, 0) is 9.53 Å². The third kappa shape index (κ3) is 5.69. The van der Waals surface area contributed by atoms with Crippen molar-refractivity contribution in [2.45, 2.75) is 26.7 Å². The minimum atomic E-state index is -0.522. The molecule has 1 fully saturated rings. The number of imide groups is 1. The molecule has 0 aliphatic carbocycles. The molecule has 20 heavy (non-hydrogen) atoms. The van der Waals surface area contributed by atoms with E-state index >= 15 is 0 Å². The Morgan fingerprint density at radius 3 is 2.35 bits per heavy atom. The first-order valence-electron chi connectivity index (χ1n) is 6.64. The second kappa shape index (κ2) is 8.15. The highest BCUT2D eigenvalue weighted by atomic mass is 16.6. The lowest BCUT2D eigenvalue weighted by Gasteiger charge is -2.09. The summed E-state index contributed by atoms with van der Waals surface area (Å²) >= 11 is 0. The minimum Gasteiger partial charge on any atom is -0.447 e. The molecule has 1 aromatic carbocycles. The average Bonchev–Trinajstić information content (AvgIpc) is 2.84. The van der Waals surface area contributed by atoms with Gasteiger partial charge in [-0.25, -0.2) is 9.69 Å². The van der Waals surface area contributed by atoms with Crippen LogP contribution in [0.4, 0.5) is 4.79 Å². The SMILES string of the molecule is C=C(C)CCC(=O)N1CCOC1=O.Cc1ccccc1. The molecule has 1 aliphatic heterocycles. The molecule has 0 bridgehead atoms. The van der Waals surface area contributed by atoms with E-state index in [9.17, 15) is 9.59 Å². The van der Waals surface area contributed by atoms with Gasteiger partial charge >= 0.3 is 6.09 Å². The monoisotopic (exact) mass is 275 g/mol. The topological polar surface area (TPSA) is 46.6 Å². The van der Waals surface area contributed by atoms with Crippen molar-refractivity contribution in [2.75, 3.05) is 13.2 Å². The van der Waals surface area contributed by atoms with Crippen molar-refractivity contribution in [3.05, 3.63) is 48.0 Å². The number of hydrogen-bond acceptors (Lipinski definition) is 3. The third-order valence-electron chi connectivity index (χ3n) is 2.77. The number of allylic oxidation sites excluding steroid dienone is 1. The van der Waals surface area contributed by atoms with E-state index in [1.54, 1.807) is 0 Å². The van der Waals surface area contributed by atoms with Crippen molar-refractivity contribution in [3.8, 4) is 0 Å². The summed E-state index contributed by atoms with van der Waals surface area (Å²) in [6, 6.07) is 10.3. The second-order valence-corrected chi connectivity index (χ2v) is 4.77. The van der Waals surface area contributed by atoms with E-state index < -0.39 is 6.09 Å². The summed E-state index contributed by atoms with van der Waals surface area (Å²) in [6.45, 7) is 8.33. The zero-order valence-corrected chi connectivity index (χ0v) is 12.1. The number of hydrogen-bond donors (Lipinski definition) is 0. The Bertz CT molecular complexity index is 468. The maximum absolute atomic E-state index is 11.3. The van der Waals surface area contributed by atoms with Crippen molar-refractivity contribution < 1.29 is 14.3 Å².